The van der Waals surface area contributed by atoms with Crippen LogP contribution in [0, 0.1) is 13.8 Å². The maximum atomic E-state index is 11.1. The molecular weight excluding hydrogens is 1830 g/mol. The van der Waals surface area contributed by atoms with Crippen molar-refractivity contribution < 1.29 is 79.2 Å². The molecule has 8 aromatic heterocycles. The number of carboxylic acids is 8. The highest BCUT2D eigenvalue weighted by atomic mass is 32.1. The van der Waals surface area contributed by atoms with E-state index in [1.807, 2.05) is 107 Å². The van der Waals surface area contributed by atoms with E-state index in [0.717, 1.165) is 166 Å². The number of nitrogens with zero attached hydrogens (tertiary/aromatic N) is 8. The summed E-state index contributed by atoms with van der Waals surface area (Å²) in [5.74, 6) is -2.38. The second-order valence-corrected chi connectivity index (χ2v) is 35.3. The number of thiophene rings is 4. The van der Waals surface area contributed by atoms with Gasteiger partial charge >= 0.3 is 47.8 Å². The molecule has 16 aromatic rings. The lowest BCUT2D eigenvalue weighted by molar-refractivity contribution is -0.137. The molecule has 138 heavy (non-hydrogen) atoms. The minimum Gasteiger partial charge on any atom is -0.481 e. The summed E-state index contributed by atoms with van der Waals surface area (Å²) in [5.41, 5.74) is 17.1. The molecule has 0 spiro atoms. The van der Waals surface area contributed by atoms with E-state index >= 15 is 0 Å². The van der Waals surface area contributed by atoms with Crippen molar-refractivity contribution in [1.29, 1.82) is 0 Å². The molecule has 8 aromatic carbocycles. The molecule has 32 heteroatoms. The van der Waals surface area contributed by atoms with Crippen LogP contribution in [-0.2, 0) is 61.0 Å². The van der Waals surface area contributed by atoms with Gasteiger partial charge in [-0.2, -0.15) is 0 Å². The van der Waals surface area contributed by atoms with Crippen LogP contribution in [-0.4, -0.2) is 128 Å². The van der Waals surface area contributed by atoms with Crippen molar-refractivity contribution in [3.63, 3.8) is 0 Å². The Morgan fingerprint density at radius 3 is 0.754 bits per heavy atom. The lowest BCUT2D eigenvalue weighted by atomic mass is 10.1. The number of nitrogens with one attached hydrogen (secondary N) is 4. The maximum Gasteiger partial charge on any atom is 0.335 e. The third-order valence-corrected chi connectivity index (χ3v) is 26.1. The molecule has 0 atom stereocenters. The smallest absolute Gasteiger partial charge is 0.335 e. The molecule has 0 aliphatic rings. The zero-order valence-electron chi connectivity index (χ0n) is 75.4. The number of aromatic carboxylic acids is 6. The lowest BCUT2D eigenvalue weighted by Gasteiger charge is -2.15. The van der Waals surface area contributed by atoms with Gasteiger partial charge in [-0.3, -0.25) is 9.59 Å². The molecule has 0 radical (unpaired) electrons. The van der Waals surface area contributed by atoms with Crippen molar-refractivity contribution >= 4 is 139 Å². The number of aryl methyl sites for hydroxylation is 4. The number of benzene rings is 8. The molecule has 28 nitrogen and oxygen atoms in total. The number of aromatic nitrogens is 8. The second-order valence-electron chi connectivity index (χ2n) is 30.9. The van der Waals surface area contributed by atoms with E-state index in [2.05, 4.69) is 48.3 Å². The molecule has 0 fully saturated rings. The summed E-state index contributed by atoms with van der Waals surface area (Å²) in [7, 11) is 0. The van der Waals surface area contributed by atoms with Crippen molar-refractivity contribution in [2.45, 2.75) is 92.9 Å². The fourth-order valence-electron chi connectivity index (χ4n) is 14.5. The molecule has 12 N–H and O–H groups in total. The summed E-state index contributed by atoms with van der Waals surface area (Å²) in [6.45, 7) is 19.8. The average Bonchev–Trinajstić information content (AvgIpc) is 1.41. The first-order valence-corrected chi connectivity index (χ1v) is 46.6. The van der Waals surface area contributed by atoms with E-state index in [4.69, 9.17) is 80.7 Å². The standard InChI is InChI=1S/C28H25N3O4S.C27H23N3O4S.C26H23N3O4S.C25H21N3O4S/c1-3-5-21-22(4-2)30-27(31-26(21)29-20-12-6-17(7-13-20)16-25(32)33)24-15-14-23(36-24)18-8-10-19(11-9-18)28(34)35;1-3-4-21-16(2)28-26(30-25(21)29-20-11-5-17(6-12-20)15-24(31)32)23-14-13-22(35-23)18-7-9-19(10-8-18)27(33)34;1-3-19-20(4-2)28-24(29-23(19)27-18-11-9-17(10-12-18)26(32)33)22-14-13-21(34-22)15-5-7-16(8-6-15)25(30)31;1-3-19-14(2)26-23(28-22(19)27-18-10-8-17(9-11-18)25(31)32)21-13-12-20(33-21)15-4-6-16(7-5-15)24(29)30/h3,6-15H,1,4-5,16H2,2H3,(H,32,33)(H,34,35)(H,29,30,31);3,5-14H,1,4,15H2,2H3,(H,31,32)(H,33,34)(H,28,29,30);5-14H,3-4H2,1-2H3,(H,30,31)(H,32,33)(H,27,28,29);4-13H,3H2,1-2H3,(H,29,30)(H,31,32)(H,26,27,28). The Balaban J connectivity index is 0.000000155. The molecule has 696 valence electrons. The molecule has 0 aliphatic carbocycles. The molecular formula is C106H92N12O16S4. The summed E-state index contributed by atoms with van der Waals surface area (Å²) in [5, 5.41) is 86.0. The van der Waals surface area contributed by atoms with Crippen LogP contribution >= 0.6 is 45.3 Å². The highest BCUT2D eigenvalue weighted by Crippen LogP contribution is 2.41. The van der Waals surface area contributed by atoms with Crippen LogP contribution in [0.15, 0.2) is 268 Å². The number of allylic oxidation sites excluding steroid dienone is 2. The van der Waals surface area contributed by atoms with Gasteiger partial charge in [0.2, 0.25) is 0 Å². The first kappa shape index (κ1) is 98.8. The number of anilines is 8. The topological polar surface area (TPSA) is 450 Å². The van der Waals surface area contributed by atoms with Crippen molar-refractivity contribution in [1.82, 2.24) is 39.9 Å². The van der Waals surface area contributed by atoms with Gasteiger partial charge in [-0.05, 0) is 256 Å². The molecule has 0 unspecified atom stereocenters. The number of aliphatic carboxylic acids is 2. The van der Waals surface area contributed by atoms with Crippen LogP contribution < -0.4 is 21.3 Å². The molecule has 0 amide bonds. The van der Waals surface area contributed by atoms with Crippen LogP contribution in [0.2, 0.25) is 0 Å². The first-order valence-electron chi connectivity index (χ1n) is 43.3. The van der Waals surface area contributed by atoms with Gasteiger partial charge in [0, 0.05) is 87.3 Å². The Hall–Kier alpha value is -16.7. The van der Waals surface area contributed by atoms with Gasteiger partial charge < -0.3 is 62.1 Å². The van der Waals surface area contributed by atoms with Crippen molar-refractivity contribution in [2.75, 3.05) is 21.3 Å². The van der Waals surface area contributed by atoms with E-state index in [-0.39, 0.29) is 46.2 Å². The van der Waals surface area contributed by atoms with Gasteiger partial charge in [-0.25, -0.2) is 68.6 Å². The highest BCUT2D eigenvalue weighted by molar-refractivity contribution is 7.19. The van der Waals surface area contributed by atoms with E-state index in [1.165, 1.54) is 34.0 Å². The zero-order valence-corrected chi connectivity index (χ0v) is 78.6. The summed E-state index contributed by atoms with van der Waals surface area (Å²) < 4.78 is 0. The Morgan fingerprint density at radius 1 is 0.268 bits per heavy atom. The maximum absolute atomic E-state index is 11.1. The number of rotatable bonds is 34. The second kappa shape index (κ2) is 45.8. The third-order valence-electron chi connectivity index (χ3n) is 21.6. The number of hydrogen-bond acceptors (Lipinski definition) is 24. The highest BCUT2D eigenvalue weighted by Gasteiger charge is 2.23. The molecule has 8 heterocycles. The quantitative estimate of drug-likeness (QED) is 0.0167. The van der Waals surface area contributed by atoms with E-state index in [1.54, 1.807) is 187 Å². The number of hydrogen-bond donors (Lipinski definition) is 12. The van der Waals surface area contributed by atoms with Gasteiger partial charge in [0.25, 0.3) is 0 Å². The number of carboxylic acid groups (broad SMARTS) is 8. The third kappa shape index (κ3) is 25.2. The molecule has 16 rings (SSSR count). The van der Waals surface area contributed by atoms with E-state index < -0.39 is 47.8 Å². The summed E-state index contributed by atoms with van der Waals surface area (Å²) in [6.07, 6.45) is 7.74. The Bertz CT molecular complexity index is 7190. The first-order chi connectivity index (χ1) is 66.4. The van der Waals surface area contributed by atoms with Gasteiger partial charge in [0.05, 0.1) is 65.7 Å². The monoisotopic (exact) mass is 1920 g/mol. The Labute approximate surface area is 809 Å². The predicted molar refractivity (Wildman–Crippen MR) is 541 cm³/mol. The van der Waals surface area contributed by atoms with Gasteiger partial charge in [-0.15, -0.1) is 58.5 Å². The fraction of sp³-hybridized carbons (Fsp3) is 0.132. The van der Waals surface area contributed by atoms with Crippen LogP contribution in [0.3, 0.4) is 0 Å². The van der Waals surface area contributed by atoms with Crippen LogP contribution in [0.4, 0.5) is 46.0 Å². The molecule has 0 saturated heterocycles. The van der Waals surface area contributed by atoms with Crippen molar-refractivity contribution in [3.8, 4) is 84.6 Å². The largest absolute Gasteiger partial charge is 0.481 e. The van der Waals surface area contributed by atoms with Crippen LogP contribution in [0.5, 0.6) is 0 Å². The van der Waals surface area contributed by atoms with E-state index in [0.29, 0.717) is 59.4 Å². The summed E-state index contributed by atoms with van der Waals surface area (Å²) in [4.78, 5) is 134. The Morgan fingerprint density at radius 2 is 0.493 bits per heavy atom. The predicted octanol–water partition coefficient (Wildman–Crippen LogP) is 24.2. The Kier molecular flexibility index (Phi) is 32.8. The van der Waals surface area contributed by atoms with Gasteiger partial charge in [0.15, 0.2) is 23.3 Å². The molecule has 0 bridgehead atoms. The van der Waals surface area contributed by atoms with Gasteiger partial charge in [0.1, 0.15) is 23.3 Å². The molecule has 0 aliphatic heterocycles. The molecule has 0 saturated carbocycles. The minimum atomic E-state index is -0.970. The fourth-order valence-corrected chi connectivity index (χ4v) is 18.3. The van der Waals surface area contributed by atoms with Crippen LogP contribution in [0.25, 0.3) is 84.6 Å². The van der Waals surface area contributed by atoms with Crippen molar-refractivity contribution in [2.24, 2.45) is 0 Å². The van der Waals surface area contributed by atoms with Gasteiger partial charge in [-0.1, -0.05) is 113 Å². The van der Waals surface area contributed by atoms with Crippen LogP contribution in [0.1, 0.15) is 146 Å². The zero-order chi connectivity index (χ0) is 98.4. The summed E-state index contributed by atoms with van der Waals surface area (Å²) in [6, 6.07) is 70.4. The number of carbonyl (C=O) groups is 8. The average molecular weight is 1920 g/mol. The normalized spacial score (nSPS) is 10.7. The van der Waals surface area contributed by atoms with E-state index in [9.17, 15) is 38.4 Å². The minimum absolute atomic E-state index is 0.0284. The lowest BCUT2D eigenvalue weighted by Crippen LogP contribution is -2.07. The SMILES string of the molecule is C=CCc1c(C)nc(-c2ccc(-c3ccc(C(=O)O)cc3)s2)nc1Nc1ccc(CC(=O)O)cc1.C=CCc1c(CC)nc(-c2ccc(-c3ccc(C(=O)O)cc3)s2)nc1Nc1ccc(CC(=O)O)cc1.CCc1c(C)nc(-c2ccc(-c3ccc(C(=O)O)cc3)s2)nc1Nc1ccc(C(=O)O)cc1.CCc1nc(-c2ccc(-c3ccc(C(=O)O)cc3)s2)nc(Nc2ccc(C(=O)O)cc2)c1CC. The summed E-state index contributed by atoms with van der Waals surface area (Å²) >= 11 is 6.14. The van der Waals surface area contributed by atoms with Crippen molar-refractivity contribution in [3.05, 3.63) is 358 Å².